The van der Waals surface area contributed by atoms with E-state index in [1.54, 1.807) is 19.2 Å². The quantitative estimate of drug-likeness (QED) is 0.794. The van der Waals surface area contributed by atoms with Crippen molar-refractivity contribution in [3.63, 3.8) is 0 Å². The molecular formula is C12H17NO2. The molecule has 3 heteroatoms. The maximum atomic E-state index is 9.70. The summed E-state index contributed by atoms with van der Waals surface area (Å²) in [6, 6.07) is 5.70. The molecule has 0 saturated heterocycles. The topological polar surface area (TPSA) is 55.5 Å². The fourth-order valence-corrected chi connectivity index (χ4v) is 2.14. The second kappa shape index (κ2) is 3.42. The van der Waals surface area contributed by atoms with Crippen molar-refractivity contribution >= 4 is 0 Å². The third-order valence-electron chi connectivity index (χ3n) is 3.41. The van der Waals surface area contributed by atoms with Gasteiger partial charge in [-0.1, -0.05) is 6.07 Å². The molecule has 82 valence electrons. The molecule has 15 heavy (non-hydrogen) atoms. The summed E-state index contributed by atoms with van der Waals surface area (Å²) in [7, 11) is 1.55. The lowest BCUT2D eigenvalue weighted by Gasteiger charge is -2.20. The molecule has 0 aliphatic heterocycles. The molecule has 0 aromatic heterocycles. The van der Waals surface area contributed by atoms with Crippen LogP contribution in [0.25, 0.3) is 0 Å². The van der Waals surface area contributed by atoms with E-state index >= 15 is 0 Å². The Morgan fingerprint density at radius 1 is 1.47 bits per heavy atom. The largest absolute Gasteiger partial charge is 0.504 e. The van der Waals surface area contributed by atoms with E-state index in [9.17, 15) is 5.11 Å². The van der Waals surface area contributed by atoms with Crippen LogP contribution in [0.3, 0.4) is 0 Å². The lowest BCUT2D eigenvalue weighted by molar-refractivity contribution is 0.372. The summed E-state index contributed by atoms with van der Waals surface area (Å²) >= 11 is 0. The van der Waals surface area contributed by atoms with E-state index < -0.39 is 0 Å². The number of aromatic hydroxyl groups is 1. The van der Waals surface area contributed by atoms with Gasteiger partial charge in [0.15, 0.2) is 11.5 Å². The number of hydrogen-bond acceptors (Lipinski definition) is 3. The van der Waals surface area contributed by atoms with Crippen molar-refractivity contribution in [2.45, 2.75) is 31.2 Å². The fraction of sp³-hybridized carbons (Fsp3) is 0.500. The van der Waals surface area contributed by atoms with Crippen LogP contribution in [-0.2, 0) is 5.41 Å². The minimum Gasteiger partial charge on any atom is -0.504 e. The van der Waals surface area contributed by atoms with Gasteiger partial charge in [-0.3, -0.25) is 0 Å². The van der Waals surface area contributed by atoms with Gasteiger partial charge in [-0.15, -0.1) is 0 Å². The highest BCUT2D eigenvalue weighted by Crippen LogP contribution is 2.51. The molecule has 1 fully saturated rings. The van der Waals surface area contributed by atoms with E-state index in [1.807, 2.05) is 13.0 Å². The maximum absolute atomic E-state index is 9.70. The number of ether oxygens (including phenoxy) is 1. The van der Waals surface area contributed by atoms with Gasteiger partial charge in [-0.05, 0) is 37.5 Å². The maximum Gasteiger partial charge on any atom is 0.160 e. The highest BCUT2D eigenvalue weighted by atomic mass is 16.5. The van der Waals surface area contributed by atoms with Crippen LogP contribution >= 0.6 is 0 Å². The summed E-state index contributed by atoms with van der Waals surface area (Å²) in [6.07, 6.45) is 2.22. The van der Waals surface area contributed by atoms with Crippen molar-refractivity contribution in [3.05, 3.63) is 23.8 Å². The van der Waals surface area contributed by atoms with Crippen molar-refractivity contribution in [2.75, 3.05) is 7.11 Å². The van der Waals surface area contributed by atoms with Gasteiger partial charge in [0, 0.05) is 11.5 Å². The summed E-state index contributed by atoms with van der Waals surface area (Å²) in [5.74, 6) is 0.709. The smallest absolute Gasteiger partial charge is 0.160 e. The van der Waals surface area contributed by atoms with Crippen LogP contribution < -0.4 is 10.5 Å². The van der Waals surface area contributed by atoms with Crippen LogP contribution in [0.2, 0.25) is 0 Å². The Labute approximate surface area is 89.9 Å². The summed E-state index contributed by atoms with van der Waals surface area (Å²) < 4.78 is 5.01. The van der Waals surface area contributed by atoms with Crippen molar-refractivity contribution < 1.29 is 9.84 Å². The minimum absolute atomic E-state index is 0.0871. The van der Waals surface area contributed by atoms with Crippen molar-refractivity contribution in [1.29, 1.82) is 0 Å². The Balaban J connectivity index is 2.35. The van der Waals surface area contributed by atoms with Crippen LogP contribution in [0.5, 0.6) is 11.5 Å². The van der Waals surface area contributed by atoms with E-state index in [2.05, 4.69) is 0 Å². The van der Waals surface area contributed by atoms with Crippen LogP contribution in [0, 0.1) is 0 Å². The lowest BCUT2D eigenvalue weighted by Crippen LogP contribution is -2.31. The molecule has 1 aliphatic rings. The normalized spacial score (nSPS) is 19.7. The number of benzene rings is 1. The Bertz CT molecular complexity index is 370. The summed E-state index contributed by atoms with van der Waals surface area (Å²) in [5.41, 5.74) is 7.18. The van der Waals surface area contributed by atoms with Crippen molar-refractivity contribution in [3.8, 4) is 11.5 Å². The number of phenolic OH excluding ortho intramolecular Hbond substituents is 1. The van der Waals surface area contributed by atoms with Crippen molar-refractivity contribution in [1.82, 2.24) is 0 Å². The molecule has 0 bridgehead atoms. The molecule has 1 atom stereocenters. The van der Waals surface area contributed by atoms with Gasteiger partial charge < -0.3 is 15.6 Å². The standard InChI is InChI=1S/C12H17NO2/c1-8(13)12(5-6-12)9-3-4-11(15-2)10(14)7-9/h3-4,7-8,14H,5-6,13H2,1-2H3. The van der Waals surface area contributed by atoms with E-state index in [0.717, 1.165) is 18.4 Å². The third-order valence-corrected chi connectivity index (χ3v) is 3.41. The number of phenols is 1. The number of nitrogens with two attached hydrogens (primary N) is 1. The highest BCUT2D eigenvalue weighted by Gasteiger charge is 2.47. The number of methoxy groups -OCH3 is 1. The van der Waals surface area contributed by atoms with Gasteiger partial charge in [-0.25, -0.2) is 0 Å². The first-order chi connectivity index (χ1) is 7.10. The number of hydrogen-bond donors (Lipinski definition) is 2. The predicted octanol–water partition coefficient (Wildman–Crippen LogP) is 1.78. The molecule has 3 N–H and O–H groups in total. The molecule has 0 spiro atoms. The Kier molecular flexibility index (Phi) is 2.35. The predicted molar refractivity (Wildman–Crippen MR) is 59.2 cm³/mol. The van der Waals surface area contributed by atoms with E-state index in [-0.39, 0.29) is 17.2 Å². The van der Waals surface area contributed by atoms with Crippen LogP contribution in [0.15, 0.2) is 18.2 Å². The first-order valence-electron chi connectivity index (χ1n) is 5.23. The molecule has 0 radical (unpaired) electrons. The van der Waals surface area contributed by atoms with E-state index in [0.29, 0.717) is 5.75 Å². The van der Waals surface area contributed by atoms with Crippen LogP contribution in [-0.4, -0.2) is 18.3 Å². The first-order valence-corrected chi connectivity index (χ1v) is 5.23. The lowest BCUT2D eigenvalue weighted by atomic mass is 9.89. The molecule has 1 aromatic carbocycles. The third kappa shape index (κ3) is 1.57. The van der Waals surface area contributed by atoms with Gasteiger partial charge in [0.05, 0.1) is 7.11 Å². The molecule has 0 heterocycles. The van der Waals surface area contributed by atoms with E-state index in [1.165, 1.54) is 0 Å². The Hall–Kier alpha value is -1.22. The van der Waals surface area contributed by atoms with Crippen LogP contribution in [0.4, 0.5) is 0 Å². The summed E-state index contributed by atoms with van der Waals surface area (Å²) in [4.78, 5) is 0. The zero-order valence-electron chi connectivity index (χ0n) is 9.16. The number of rotatable bonds is 3. The molecule has 1 unspecified atom stereocenters. The monoisotopic (exact) mass is 207 g/mol. The zero-order chi connectivity index (χ0) is 11.1. The second-order valence-electron chi connectivity index (χ2n) is 4.33. The summed E-state index contributed by atoms with van der Waals surface area (Å²) in [5, 5.41) is 9.70. The Morgan fingerprint density at radius 2 is 2.13 bits per heavy atom. The Morgan fingerprint density at radius 3 is 2.53 bits per heavy atom. The first kappa shape index (κ1) is 10.3. The molecule has 3 nitrogen and oxygen atoms in total. The van der Waals surface area contributed by atoms with E-state index in [4.69, 9.17) is 10.5 Å². The molecule has 1 saturated carbocycles. The fourth-order valence-electron chi connectivity index (χ4n) is 2.14. The zero-order valence-corrected chi connectivity index (χ0v) is 9.16. The van der Waals surface area contributed by atoms with Crippen molar-refractivity contribution in [2.24, 2.45) is 5.73 Å². The highest BCUT2D eigenvalue weighted by molar-refractivity contribution is 5.46. The van der Waals surface area contributed by atoms with Gasteiger partial charge in [0.1, 0.15) is 0 Å². The molecule has 1 aliphatic carbocycles. The average molecular weight is 207 g/mol. The molecule has 0 amide bonds. The molecular weight excluding hydrogens is 190 g/mol. The molecule has 2 rings (SSSR count). The van der Waals surface area contributed by atoms with Gasteiger partial charge in [-0.2, -0.15) is 0 Å². The van der Waals surface area contributed by atoms with Gasteiger partial charge >= 0.3 is 0 Å². The SMILES string of the molecule is COc1ccc(C2(C(C)N)CC2)cc1O. The second-order valence-corrected chi connectivity index (χ2v) is 4.33. The van der Waals surface area contributed by atoms with Gasteiger partial charge in [0.25, 0.3) is 0 Å². The summed E-state index contributed by atoms with van der Waals surface area (Å²) in [6.45, 7) is 2.02. The molecule has 1 aromatic rings. The van der Waals surface area contributed by atoms with Crippen LogP contribution in [0.1, 0.15) is 25.3 Å². The average Bonchev–Trinajstić information content (AvgIpc) is 2.98. The minimum atomic E-state index is 0.0871. The van der Waals surface area contributed by atoms with Gasteiger partial charge in [0.2, 0.25) is 0 Å².